The first-order valence-electron chi connectivity index (χ1n) is 4.11. The number of fused-ring (bicyclic) bond motifs is 1. The van der Waals surface area contributed by atoms with Gasteiger partial charge in [0, 0.05) is 24.4 Å². The van der Waals surface area contributed by atoms with Crippen LogP contribution in [0.1, 0.15) is 5.56 Å². The SMILES string of the molecule is CN1c2ccccc2C(O)=CC1O. The summed E-state index contributed by atoms with van der Waals surface area (Å²) < 4.78 is 0. The molecule has 1 aromatic carbocycles. The second-order valence-corrected chi connectivity index (χ2v) is 3.09. The predicted octanol–water partition coefficient (Wildman–Crippen LogP) is 1.35. The van der Waals surface area contributed by atoms with Crippen LogP contribution in [-0.2, 0) is 0 Å². The van der Waals surface area contributed by atoms with Crippen LogP contribution in [0.4, 0.5) is 5.69 Å². The monoisotopic (exact) mass is 177 g/mol. The number of aliphatic hydroxyl groups is 2. The molecule has 13 heavy (non-hydrogen) atoms. The molecule has 2 N–H and O–H groups in total. The van der Waals surface area contributed by atoms with E-state index in [1.807, 2.05) is 24.3 Å². The predicted molar refractivity (Wildman–Crippen MR) is 51.5 cm³/mol. The largest absolute Gasteiger partial charge is 0.507 e. The molecular weight excluding hydrogens is 166 g/mol. The maximum Gasteiger partial charge on any atom is 0.149 e. The summed E-state index contributed by atoms with van der Waals surface area (Å²) in [6.07, 6.45) is 0.678. The van der Waals surface area contributed by atoms with Crippen molar-refractivity contribution in [3.8, 4) is 0 Å². The van der Waals surface area contributed by atoms with Crippen molar-refractivity contribution in [1.82, 2.24) is 0 Å². The molecule has 0 fully saturated rings. The first-order valence-corrected chi connectivity index (χ1v) is 4.11. The fourth-order valence-electron chi connectivity index (χ4n) is 1.48. The molecule has 3 heteroatoms. The van der Waals surface area contributed by atoms with Gasteiger partial charge in [0.15, 0.2) is 0 Å². The van der Waals surface area contributed by atoms with E-state index in [9.17, 15) is 10.2 Å². The van der Waals surface area contributed by atoms with Gasteiger partial charge in [-0.15, -0.1) is 0 Å². The van der Waals surface area contributed by atoms with E-state index >= 15 is 0 Å². The number of hydrogen-bond acceptors (Lipinski definition) is 3. The zero-order valence-electron chi connectivity index (χ0n) is 7.31. The van der Waals surface area contributed by atoms with E-state index in [0.717, 1.165) is 11.3 Å². The Bertz CT molecular complexity index is 360. The number of benzene rings is 1. The number of nitrogens with zero attached hydrogens (tertiary/aromatic N) is 1. The molecule has 0 aromatic heterocycles. The lowest BCUT2D eigenvalue weighted by Crippen LogP contribution is -2.32. The maximum absolute atomic E-state index is 9.52. The molecule has 1 aliphatic heterocycles. The van der Waals surface area contributed by atoms with Crippen LogP contribution in [0.3, 0.4) is 0 Å². The van der Waals surface area contributed by atoms with Crippen LogP contribution in [0.5, 0.6) is 0 Å². The molecule has 1 aromatic rings. The zero-order valence-corrected chi connectivity index (χ0v) is 7.31. The fourth-order valence-corrected chi connectivity index (χ4v) is 1.48. The summed E-state index contributed by atoms with van der Waals surface area (Å²) >= 11 is 0. The lowest BCUT2D eigenvalue weighted by molar-refractivity contribution is 0.219. The lowest BCUT2D eigenvalue weighted by atomic mass is 10.1. The molecule has 0 aliphatic carbocycles. The van der Waals surface area contributed by atoms with Crippen molar-refractivity contribution in [3.05, 3.63) is 35.9 Å². The molecule has 0 amide bonds. The summed E-state index contributed by atoms with van der Waals surface area (Å²) in [7, 11) is 1.78. The number of aliphatic hydroxyl groups excluding tert-OH is 2. The van der Waals surface area contributed by atoms with Gasteiger partial charge in [-0.1, -0.05) is 12.1 Å². The molecule has 1 atom stereocenters. The Hall–Kier alpha value is -1.48. The smallest absolute Gasteiger partial charge is 0.149 e. The van der Waals surface area contributed by atoms with Gasteiger partial charge in [0.05, 0.1) is 0 Å². The Balaban J connectivity index is 2.58. The van der Waals surface area contributed by atoms with E-state index in [4.69, 9.17) is 0 Å². The van der Waals surface area contributed by atoms with Crippen LogP contribution in [0.2, 0.25) is 0 Å². The van der Waals surface area contributed by atoms with Gasteiger partial charge in [0.1, 0.15) is 12.0 Å². The number of likely N-dealkylation sites (N-methyl/N-ethyl adjacent to an activating group) is 1. The molecule has 2 rings (SSSR count). The molecule has 0 spiro atoms. The summed E-state index contributed by atoms with van der Waals surface area (Å²) in [6.45, 7) is 0. The highest BCUT2D eigenvalue weighted by atomic mass is 16.3. The number of anilines is 1. The number of hydrogen-bond donors (Lipinski definition) is 2. The Morgan fingerprint density at radius 3 is 2.77 bits per heavy atom. The van der Waals surface area contributed by atoms with E-state index in [1.54, 1.807) is 11.9 Å². The number of rotatable bonds is 0. The highest BCUT2D eigenvalue weighted by Gasteiger charge is 2.20. The fraction of sp³-hybridized carbons (Fsp3) is 0.200. The summed E-state index contributed by atoms with van der Waals surface area (Å²) in [4.78, 5) is 1.70. The van der Waals surface area contributed by atoms with Gasteiger partial charge < -0.3 is 15.1 Å². The van der Waals surface area contributed by atoms with Crippen LogP contribution >= 0.6 is 0 Å². The molecule has 1 unspecified atom stereocenters. The van der Waals surface area contributed by atoms with E-state index < -0.39 is 6.23 Å². The standard InChI is InChI=1S/C10H11NO2/c1-11-8-5-3-2-4-7(8)9(12)6-10(11)13/h2-6,10,12-13H,1H3. The highest BCUT2D eigenvalue weighted by Crippen LogP contribution is 2.30. The molecule has 1 heterocycles. The van der Waals surface area contributed by atoms with Gasteiger partial charge in [-0.05, 0) is 12.1 Å². The van der Waals surface area contributed by atoms with E-state index in [1.165, 1.54) is 6.08 Å². The average molecular weight is 177 g/mol. The Kier molecular flexibility index (Phi) is 1.74. The Morgan fingerprint density at radius 1 is 1.31 bits per heavy atom. The Morgan fingerprint density at radius 2 is 2.00 bits per heavy atom. The highest BCUT2D eigenvalue weighted by molar-refractivity contribution is 5.76. The van der Waals surface area contributed by atoms with Crippen LogP contribution in [0.15, 0.2) is 30.3 Å². The minimum absolute atomic E-state index is 0.140. The van der Waals surface area contributed by atoms with Crippen molar-refractivity contribution in [2.24, 2.45) is 0 Å². The molecule has 0 saturated carbocycles. The Labute approximate surface area is 76.5 Å². The third-order valence-electron chi connectivity index (χ3n) is 2.26. The molecule has 1 aliphatic rings. The van der Waals surface area contributed by atoms with E-state index in [0.29, 0.717) is 0 Å². The topological polar surface area (TPSA) is 43.7 Å². The summed E-state index contributed by atoms with van der Waals surface area (Å²) in [5, 5.41) is 19.0. The number of para-hydroxylation sites is 1. The van der Waals surface area contributed by atoms with Gasteiger partial charge in [0.25, 0.3) is 0 Å². The molecular formula is C10H11NO2. The molecule has 0 bridgehead atoms. The van der Waals surface area contributed by atoms with E-state index in [-0.39, 0.29) is 5.76 Å². The second-order valence-electron chi connectivity index (χ2n) is 3.09. The van der Waals surface area contributed by atoms with Crippen molar-refractivity contribution in [2.45, 2.75) is 6.23 Å². The van der Waals surface area contributed by atoms with Gasteiger partial charge in [-0.25, -0.2) is 0 Å². The van der Waals surface area contributed by atoms with Crippen molar-refractivity contribution < 1.29 is 10.2 Å². The maximum atomic E-state index is 9.52. The van der Waals surface area contributed by atoms with Crippen molar-refractivity contribution in [1.29, 1.82) is 0 Å². The van der Waals surface area contributed by atoms with Gasteiger partial charge in [-0.3, -0.25) is 0 Å². The molecule has 0 saturated heterocycles. The van der Waals surface area contributed by atoms with Crippen molar-refractivity contribution >= 4 is 11.4 Å². The minimum atomic E-state index is -0.741. The van der Waals surface area contributed by atoms with Crippen LogP contribution in [0, 0.1) is 0 Å². The first-order chi connectivity index (χ1) is 6.20. The van der Waals surface area contributed by atoms with Crippen LogP contribution in [-0.4, -0.2) is 23.5 Å². The summed E-state index contributed by atoms with van der Waals surface area (Å²) in [5.41, 5.74) is 1.60. The van der Waals surface area contributed by atoms with E-state index in [2.05, 4.69) is 0 Å². The van der Waals surface area contributed by atoms with Crippen molar-refractivity contribution in [3.63, 3.8) is 0 Å². The van der Waals surface area contributed by atoms with Crippen LogP contribution < -0.4 is 4.90 Å². The quantitative estimate of drug-likeness (QED) is 0.628. The third kappa shape index (κ3) is 1.17. The first kappa shape index (κ1) is 8.13. The van der Waals surface area contributed by atoms with Crippen molar-refractivity contribution in [2.75, 3.05) is 11.9 Å². The normalized spacial score (nSPS) is 20.9. The zero-order chi connectivity index (χ0) is 9.42. The van der Waals surface area contributed by atoms with Gasteiger partial charge in [0.2, 0.25) is 0 Å². The van der Waals surface area contributed by atoms with Gasteiger partial charge in [-0.2, -0.15) is 0 Å². The van der Waals surface area contributed by atoms with Gasteiger partial charge >= 0.3 is 0 Å². The second kappa shape index (κ2) is 2.78. The summed E-state index contributed by atoms with van der Waals surface area (Å²) in [6, 6.07) is 7.42. The molecule has 0 radical (unpaired) electrons. The third-order valence-corrected chi connectivity index (χ3v) is 2.26. The summed E-state index contributed by atoms with van der Waals surface area (Å²) in [5.74, 6) is 0.140. The molecule has 3 nitrogen and oxygen atoms in total. The molecule has 68 valence electrons. The lowest BCUT2D eigenvalue weighted by Gasteiger charge is -2.29. The average Bonchev–Trinajstić information content (AvgIpc) is 2.15. The minimum Gasteiger partial charge on any atom is -0.507 e. The van der Waals surface area contributed by atoms with Crippen LogP contribution in [0.25, 0.3) is 5.76 Å².